The molecule has 0 aromatic heterocycles. The van der Waals surface area contributed by atoms with Gasteiger partial charge in [0.05, 0.1) is 30.8 Å². The number of sulfonamides is 1. The van der Waals surface area contributed by atoms with Gasteiger partial charge in [0.1, 0.15) is 18.8 Å². The number of ether oxygens (including phenoxy) is 5. The Hall–Kier alpha value is -2.31. The lowest BCUT2D eigenvalue weighted by atomic mass is 9.99. The standard InChI is InChI=1S/C22H31NO9S/c1-5-10-28-11-12-29-21-13-19(23-33(26,27)18-8-6-15(2)7-9-18)22(31-17(4)25)20(32-21)14-30-16(3)24/h5-9,19-23H,1,10-14H2,2-4H3/t19-,20+,21-,22-/m0/s1. The van der Waals surface area contributed by atoms with E-state index in [1.807, 2.05) is 6.92 Å². The van der Waals surface area contributed by atoms with Crippen molar-refractivity contribution >= 4 is 22.0 Å². The van der Waals surface area contributed by atoms with E-state index in [4.69, 9.17) is 23.7 Å². The second kappa shape index (κ2) is 12.8. The van der Waals surface area contributed by atoms with Gasteiger partial charge < -0.3 is 23.7 Å². The van der Waals surface area contributed by atoms with Crippen LogP contribution in [0.3, 0.4) is 0 Å². The number of aryl methyl sites for hydroxylation is 1. The molecule has 0 saturated carbocycles. The number of carbonyl (C=O) groups is 2. The van der Waals surface area contributed by atoms with Crippen molar-refractivity contribution in [2.75, 3.05) is 26.4 Å². The lowest BCUT2D eigenvalue weighted by Gasteiger charge is -2.40. The van der Waals surface area contributed by atoms with Crippen LogP contribution in [-0.2, 0) is 43.3 Å². The van der Waals surface area contributed by atoms with Crippen LogP contribution in [0.15, 0.2) is 41.8 Å². The zero-order chi connectivity index (χ0) is 24.4. The smallest absolute Gasteiger partial charge is 0.303 e. The summed E-state index contributed by atoms with van der Waals surface area (Å²) in [5.41, 5.74) is 0.909. The molecule has 10 nitrogen and oxygen atoms in total. The molecule has 0 unspecified atom stereocenters. The Labute approximate surface area is 194 Å². The molecule has 1 heterocycles. The van der Waals surface area contributed by atoms with Gasteiger partial charge in [-0.15, -0.1) is 6.58 Å². The molecule has 11 heteroatoms. The van der Waals surface area contributed by atoms with E-state index in [1.165, 1.54) is 26.0 Å². The maximum atomic E-state index is 13.0. The summed E-state index contributed by atoms with van der Waals surface area (Å²) in [6.45, 7) is 8.40. The average molecular weight is 486 g/mol. The third kappa shape index (κ3) is 8.86. The number of nitrogens with one attached hydrogen (secondary N) is 1. The van der Waals surface area contributed by atoms with E-state index in [1.54, 1.807) is 18.2 Å². The number of esters is 2. The summed E-state index contributed by atoms with van der Waals surface area (Å²) >= 11 is 0. The highest BCUT2D eigenvalue weighted by atomic mass is 32.2. The van der Waals surface area contributed by atoms with Crippen LogP contribution in [0.1, 0.15) is 25.8 Å². The summed E-state index contributed by atoms with van der Waals surface area (Å²) in [5.74, 6) is -1.19. The van der Waals surface area contributed by atoms with Gasteiger partial charge in [0.25, 0.3) is 0 Å². The molecule has 2 rings (SSSR count). The molecule has 1 aliphatic heterocycles. The van der Waals surface area contributed by atoms with Crippen molar-refractivity contribution in [3.8, 4) is 0 Å². The third-order valence-electron chi connectivity index (χ3n) is 4.69. The van der Waals surface area contributed by atoms with Crippen LogP contribution >= 0.6 is 0 Å². The Morgan fingerprint density at radius 2 is 1.88 bits per heavy atom. The topological polar surface area (TPSA) is 126 Å². The first-order valence-electron chi connectivity index (χ1n) is 10.5. The molecule has 0 aliphatic carbocycles. The predicted molar refractivity (Wildman–Crippen MR) is 118 cm³/mol. The molecule has 0 radical (unpaired) electrons. The lowest BCUT2D eigenvalue weighted by Crippen LogP contribution is -2.58. The van der Waals surface area contributed by atoms with E-state index in [9.17, 15) is 18.0 Å². The molecule has 1 aliphatic rings. The first-order valence-corrected chi connectivity index (χ1v) is 12.0. The first kappa shape index (κ1) is 26.9. The molecule has 1 fully saturated rings. The van der Waals surface area contributed by atoms with Crippen molar-refractivity contribution in [2.24, 2.45) is 0 Å². The molecular weight excluding hydrogens is 454 g/mol. The molecule has 0 amide bonds. The molecule has 1 N–H and O–H groups in total. The molecule has 1 aromatic carbocycles. The Morgan fingerprint density at radius 1 is 1.18 bits per heavy atom. The molecule has 33 heavy (non-hydrogen) atoms. The Balaban J connectivity index is 2.23. The largest absolute Gasteiger partial charge is 0.463 e. The number of benzene rings is 1. The lowest BCUT2D eigenvalue weighted by molar-refractivity contribution is -0.245. The van der Waals surface area contributed by atoms with Gasteiger partial charge >= 0.3 is 11.9 Å². The van der Waals surface area contributed by atoms with Crippen molar-refractivity contribution < 1.29 is 41.7 Å². The Bertz CT molecular complexity index is 901. The third-order valence-corrected chi connectivity index (χ3v) is 6.20. The fourth-order valence-electron chi connectivity index (χ4n) is 3.22. The second-order valence-electron chi connectivity index (χ2n) is 7.49. The summed E-state index contributed by atoms with van der Waals surface area (Å²) in [6, 6.07) is 5.44. The minimum Gasteiger partial charge on any atom is -0.463 e. The van der Waals surface area contributed by atoms with Gasteiger partial charge in [-0.2, -0.15) is 0 Å². The molecule has 1 saturated heterocycles. The van der Waals surface area contributed by atoms with Crippen LogP contribution in [0.4, 0.5) is 0 Å². The van der Waals surface area contributed by atoms with E-state index >= 15 is 0 Å². The zero-order valence-corrected chi connectivity index (χ0v) is 19.8. The summed E-state index contributed by atoms with van der Waals surface area (Å²) in [6.07, 6.45) is -1.18. The maximum Gasteiger partial charge on any atom is 0.303 e. The number of hydrogen-bond donors (Lipinski definition) is 1. The number of rotatable bonds is 12. The van der Waals surface area contributed by atoms with Gasteiger partial charge in [-0.05, 0) is 19.1 Å². The van der Waals surface area contributed by atoms with Crippen LogP contribution in [0, 0.1) is 6.92 Å². The number of carbonyl (C=O) groups excluding carboxylic acids is 2. The zero-order valence-electron chi connectivity index (χ0n) is 19.0. The summed E-state index contributed by atoms with van der Waals surface area (Å²) < 4.78 is 55.8. The van der Waals surface area contributed by atoms with Gasteiger partial charge in [-0.1, -0.05) is 23.8 Å². The normalized spacial score (nSPS) is 23.0. The van der Waals surface area contributed by atoms with E-state index in [0.717, 1.165) is 5.56 Å². The SMILES string of the molecule is C=CCOCCO[C@@H]1C[C@H](NS(=O)(=O)c2ccc(C)cc2)[C@H](OC(C)=O)[C@@H](COC(C)=O)O1. The van der Waals surface area contributed by atoms with Crippen LogP contribution < -0.4 is 4.72 Å². The van der Waals surface area contributed by atoms with E-state index < -0.39 is 46.5 Å². The van der Waals surface area contributed by atoms with Crippen LogP contribution in [0.2, 0.25) is 0 Å². The van der Waals surface area contributed by atoms with Crippen LogP contribution in [-0.4, -0.2) is 71.3 Å². The summed E-state index contributed by atoms with van der Waals surface area (Å²) in [4.78, 5) is 23.2. The van der Waals surface area contributed by atoms with Gasteiger partial charge in [0, 0.05) is 20.3 Å². The molecule has 0 spiro atoms. The highest BCUT2D eigenvalue weighted by Crippen LogP contribution is 2.26. The van der Waals surface area contributed by atoms with E-state index in [-0.39, 0.29) is 31.1 Å². The van der Waals surface area contributed by atoms with Gasteiger partial charge in [-0.25, -0.2) is 13.1 Å². The fraction of sp³-hybridized carbons (Fsp3) is 0.545. The molecule has 0 bridgehead atoms. The van der Waals surface area contributed by atoms with E-state index in [0.29, 0.717) is 6.61 Å². The monoisotopic (exact) mass is 485 g/mol. The van der Waals surface area contributed by atoms with Crippen molar-refractivity contribution in [2.45, 2.75) is 56.6 Å². The molecule has 4 atom stereocenters. The van der Waals surface area contributed by atoms with Crippen molar-refractivity contribution in [1.29, 1.82) is 0 Å². The Kier molecular flexibility index (Phi) is 10.5. The van der Waals surface area contributed by atoms with Gasteiger partial charge in [0.2, 0.25) is 10.0 Å². The van der Waals surface area contributed by atoms with Crippen molar-refractivity contribution in [1.82, 2.24) is 4.72 Å². The van der Waals surface area contributed by atoms with Gasteiger partial charge in [-0.3, -0.25) is 9.59 Å². The highest BCUT2D eigenvalue weighted by Gasteiger charge is 2.44. The minimum absolute atomic E-state index is 0.0566. The average Bonchev–Trinajstić information content (AvgIpc) is 2.73. The van der Waals surface area contributed by atoms with E-state index in [2.05, 4.69) is 11.3 Å². The van der Waals surface area contributed by atoms with Crippen LogP contribution in [0.5, 0.6) is 0 Å². The predicted octanol–water partition coefficient (Wildman–Crippen LogP) is 1.47. The molecular formula is C22H31NO9S. The summed E-state index contributed by atoms with van der Waals surface area (Å²) in [5, 5.41) is 0. The summed E-state index contributed by atoms with van der Waals surface area (Å²) in [7, 11) is -3.95. The molecule has 184 valence electrons. The Morgan fingerprint density at radius 3 is 2.48 bits per heavy atom. The highest BCUT2D eigenvalue weighted by molar-refractivity contribution is 7.89. The van der Waals surface area contributed by atoms with Gasteiger partial charge in [0.15, 0.2) is 6.29 Å². The van der Waals surface area contributed by atoms with Crippen molar-refractivity contribution in [3.63, 3.8) is 0 Å². The second-order valence-corrected chi connectivity index (χ2v) is 9.21. The fourth-order valence-corrected chi connectivity index (χ4v) is 4.48. The maximum absolute atomic E-state index is 13.0. The minimum atomic E-state index is -3.95. The molecule has 1 aromatic rings. The van der Waals surface area contributed by atoms with Crippen molar-refractivity contribution in [3.05, 3.63) is 42.5 Å². The first-order chi connectivity index (χ1) is 15.6. The van der Waals surface area contributed by atoms with Crippen LogP contribution in [0.25, 0.3) is 0 Å². The quantitative estimate of drug-likeness (QED) is 0.266. The number of hydrogen-bond acceptors (Lipinski definition) is 9.